The summed E-state index contributed by atoms with van der Waals surface area (Å²) < 4.78 is 0. The summed E-state index contributed by atoms with van der Waals surface area (Å²) in [5.41, 5.74) is 7.34. The molecule has 1 atom stereocenters. The molecule has 0 saturated carbocycles. The Labute approximate surface area is 202 Å². The van der Waals surface area contributed by atoms with E-state index in [0.717, 1.165) is 22.3 Å². The maximum atomic E-state index is 13.3. The van der Waals surface area contributed by atoms with Crippen LogP contribution in [0, 0.1) is 0 Å². The summed E-state index contributed by atoms with van der Waals surface area (Å²) in [5, 5.41) is 1.08. The SMILES string of the molecule is O=C(NN1C(=O)/C(=C\c2ccccc2)SC1c1ccccc1)c1ccc(-c2ccccc2)cc1. The van der Waals surface area contributed by atoms with Crippen LogP contribution in [0.3, 0.4) is 0 Å². The second-order valence-corrected chi connectivity index (χ2v) is 8.98. The minimum atomic E-state index is -0.351. The molecule has 1 N–H and O–H groups in total. The molecule has 1 unspecified atom stereocenters. The van der Waals surface area contributed by atoms with Gasteiger partial charge in [0.15, 0.2) is 0 Å². The molecule has 166 valence electrons. The first-order valence-corrected chi connectivity index (χ1v) is 11.9. The van der Waals surface area contributed by atoms with Gasteiger partial charge in [-0.2, -0.15) is 0 Å². The van der Waals surface area contributed by atoms with Gasteiger partial charge in [0.2, 0.25) is 0 Å². The Kier molecular flexibility index (Phi) is 6.27. The predicted molar refractivity (Wildman–Crippen MR) is 137 cm³/mol. The lowest BCUT2D eigenvalue weighted by atomic mass is 10.0. The zero-order chi connectivity index (χ0) is 23.3. The Morgan fingerprint density at radius 1 is 0.735 bits per heavy atom. The van der Waals surface area contributed by atoms with E-state index in [1.54, 1.807) is 12.1 Å². The number of amides is 2. The van der Waals surface area contributed by atoms with Crippen molar-refractivity contribution < 1.29 is 9.59 Å². The number of carbonyl (C=O) groups excluding carboxylic acids is 2. The minimum Gasteiger partial charge on any atom is -0.267 e. The van der Waals surface area contributed by atoms with Crippen LogP contribution in [0.1, 0.15) is 26.9 Å². The van der Waals surface area contributed by atoms with E-state index in [0.29, 0.717) is 10.5 Å². The largest absolute Gasteiger partial charge is 0.280 e. The fraction of sp³-hybridized carbons (Fsp3) is 0.0345. The Balaban J connectivity index is 1.40. The molecule has 0 radical (unpaired) electrons. The Morgan fingerprint density at radius 3 is 1.94 bits per heavy atom. The zero-order valence-corrected chi connectivity index (χ0v) is 19.1. The zero-order valence-electron chi connectivity index (χ0n) is 18.3. The molecular weight excluding hydrogens is 440 g/mol. The number of nitrogens with one attached hydrogen (secondary N) is 1. The highest BCUT2D eigenvalue weighted by molar-refractivity contribution is 8.04. The summed E-state index contributed by atoms with van der Waals surface area (Å²) in [6.07, 6.45) is 1.86. The summed E-state index contributed by atoms with van der Waals surface area (Å²) in [5.74, 6) is -0.549. The second-order valence-electron chi connectivity index (χ2n) is 7.86. The Bertz CT molecular complexity index is 1320. The molecule has 34 heavy (non-hydrogen) atoms. The maximum absolute atomic E-state index is 13.3. The van der Waals surface area contributed by atoms with Crippen LogP contribution in [-0.2, 0) is 4.79 Å². The summed E-state index contributed by atoms with van der Waals surface area (Å²) in [6, 6.07) is 36.8. The van der Waals surface area contributed by atoms with E-state index < -0.39 is 0 Å². The van der Waals surface area contributed by atoms with Gasteiger partial charge in [-0.05, 0) is 40.5 Å². The van der Waals surface area contributed by atoms with Crippen LogP contribution in [0.25, 0.3) is 17.2 Å². The van der Waals surface area contributed by atoms with Crippen LogP contribution in [0.15, 0.2) is 120 Å². The van der Waals surface area contributed by atoms with Gasteiger partial charge in [-0.3, -0.25) is 15.0 Å². The number of rotatable bonds is 5. The molecule has 4 nitrogen and oxygen atoms in total. The molecule has 0 aliphatic carbocycles. The van der Waals surface area contributed by atoms with Crippen molar-refractivity contribution in [2.45, 2.75) is 5.37 Å². The van der Waals surface area contributed by atoms with Crippen molar-refractivity contribution in [3.05, 3.63) is 137 Å². The topological polar surface area (TPSA) is 49.4 Å². The predicted octanol–water partition coefficient (Wildman–Crippen LogP) is 6.31. The number of nitrogens with zero attached hydrogens (tertiary/aromatic N) is 1. The van der Waals surface area contributed by atoms with Crippen LogP contribution in [0.5, 0.6) is 0 Å². The van der Waals surface area contributed by atoms with Crippen LogP contribution < -0.4 is 5.43 Å². The molecule has 1 aliphatic rings. The summed E-state index contributed by atoms with van der Waals surface area (Å²) in [6.45, 7) is 0. The van der Waals surface area contributed by atoms with Gasteiger partial charge in [-0.25, -0.2) is 5.01 Å². The molecule has 5 heteroatoms. The third kappa shape index (κ3) is 4.65. The molecular formula is C29H22N2O2S. The summed E-state index contributed by atoms with van der Waals surface area (Å²) in [4.78, 5) is 27.0. The third-order valence-corrected chi connectivity index (χ3v) is 6.81. The molecule has 4 aromatic carbocycles. The molecule has 1 aliphatic heterocycles. The first-order valence-electron chi connectivity index (χ1n) is 11.0. The maximum Gasteiger partial charge on any atom is 0.280 e. The van der Waals surface area contributed by atoms with Crippen molar-refractivity contribution in [2.75, 3.05) is 0 Å². The molecule has 2 amide bonds. The number of thioether (sulfide) groups is 1. The van der Waals surface area contributed by atoms with E-state index in [2.05, 4.69) is 5.43 Å². The molecule has 4 aromatic rings. The fourth-order valence-electron chi connectivity index (χ4n) is 3.81. The van der Waals surface area contributed by atoms with Crippen LogP contribution >= 0.6 is 11.8 Å². The fourth-order valence-corrected chi connectivity index (χ4v) is 5.00. The van der Waals surface area contributed by atoms with Crippen molar-refractivity contribution in [1.29, 1.82) is 0 Å². The molecule has 1 saturated heterocycles. The lowest BCUT2D eigenvalue weighted by Gasteiger charge is -2.24. The van der Waals surface area contributed by atoms with Crippen LogP contribution in [0.4, 0.5) is 0 Å². The summed E-state index contributed by atoms with van der Waals surface area (Å²) in [7, 11) is 0. The average Bonchev–Trinajstić information content (AvgIpc) is 3.20. The first kappa shape index (κ1) is 21.7. The van der Waals surface area contributed by atoms with Gasteiger partial charge in [0.05, 0.1) is 4.91 Å². The molecule has 1 fully saturated rings. The third-order valence-electron chi connectivity index (χ3n) is 5.56. The van der Waals surface area contributed by atoms with E-state index in [1.807, 2.05) is 109 Å². The molecule has 0 spiro atoms. The van der Waals surface area contributed by atoms with Gasteiger partial charge in [-0.1, -0.05) is 115 Å². The van der Waals surface area contributed by atoms with Crippen molar-refractivity contribution in [3.63, 3.8) is 0 Å². The Morgan fingerprint density at radius 2 is 1.29 bits per heavy atom. The van der Waals surface area contributed by atoms with E-state index in [-0.39, 0.29) is 17.2 Å². The quantitative estimate of drug-likeness (QED) is 0.354. The Hall–Kier alpha value is -4.09. The highest BCUT2D eigenvalue weighted by atomic mass is 32.2. The van der Waals surface area contributed by atoms with Crippen LogP contribution in [-0.4, -0.2) is 16.8 Å². The number of hydrazine groups is 1. The van der Waals surface area contributed by atoms with Gasteiger partial charge >= 0.3 is 0 Å². The molecule has 5 rings (SSSR count). The first-order chi connectivity index (χ1) is 16.7. The number of hydrogen-bond acceptors (Lipinski definition) is 3. The van der Waals surface area contributed by atoms with Crippen LogP contribution in [0.2, 0.25) is 0 Å². The van der Waals surface area contributed by atoms with Gasteiger partial charge in [0.1, 0.15) is 5.37 Å². The lowest BCUT2D eigenvalue weighted by molar-refractivity contribution is -0.128. The van der Waals surface area contributed by atoms with Gasteiger partial charge in [0.25, 0.3) is 11.8 Å². The van der Waals surface area contributed by atoms with Gasteiger partial charge < -0.3 is 0 Å². The number of carbonyl (C=O) groups is 2. The van der Waals surface area contributed by atoms with Gasteiger partial charge in [-0.15, -0.1) is 0 Å². The van der Waals surface area contributed by atoms with E-state index in [9.17, 15) is 9.59 Å². The highest BCUT2D eigenvalue weighted by Gasteiger charge is 2.38. The van der Waals surface area contributed by atoms with Crippen molar-refractivity contribution in [3.8, 4) is 11.1 Å². The highest BCUT2D eigenvalue weighted by Crippen LogP contribution is 2.45. The smallest absolute Gasteiger partial charge is 0.267 e. The number of hydrogen-bond donors (Lipinski definition) is 1. The lowest BCUT2D eigenvalue weighted by Crippen LogP contribution is -2.44. The monoisotopic (exact) mass is 462 g/mol. The normalized spacial score (nSPS) is 16.6. The second kappa shape index (κ2) is 9.81. The van der Waals surface area contributed by atoms with Crippen molar-refractivity contribution in [2.24, 2.45) is 0 Å². The molecule has 1 heterocycles. The standard InChI is InChI=1S/C29H22N2O2S/c32-27(24-18-16-23(17-19-24)22-12-6-2-7-13-22)30-31-28(33)26(20-21-10-4-1-5-11-21)34-29(31)25-14-8-3-9-15-25/h1-20,29H,(H,30,32)/b26-20+. The van der Waals surface area contributed by atoms with Crippen molar-refractivity contribution in [1.82, 2.24) is 10.4 Å². The van der Waals surface area contributed by atoms with Crippen molar-refractivity contribution >= 4 is 29.7 Å². The minimum absolute atomic E-state index is 0.225. The van der Waals surface area contributed by atoms with E-state index in [4.69, 9.17) is 0 Å². The summed E-state index contributed by atoms with van der Waals surface area (Å²) >= 11 is 1.43. The van der Waals surface area contributed by atoms with E-state index in [1.165, 1.54) is 16.8 Å². The van der Waals surface area contributed by atoms with E-state index >= 15 is 0 Å². The molecule has 0 bridgehead atoms. The molecule has 0 aromatic heterocycles. The number of benzene rings is 4. The average molecular weight is 463 g/mol. The van der Waals surface area contributed by atoms with Gasteiger partial charge in [0, 0.05) is 5.56 Å².